The van der Waals surface area contributed by atoms with Gasteiger partial charge in [0.15, 0.2) is 11.6 Å². The van der Waals surface area contributed by atoms with E-state index in [9.17, 15) is 24.3 Å². The van der Waals surface area contributed by atoms with Crippen LogP contribution in [0.5, 0.6) is 11.5 Å². The zero-order valence-electron chi connectivity index (χ0n) is 21.2. The van der Waals surface area contributed by atoms with Gasteiger partial charge in [0.2, 0.25) is 11.8 Å². The van der Waals surface area contributed by atoms with E-state index in [1.54, 1.807) is 31.4 Å². The van der Waals surface area contributed by atoms with E-state index in [-0.39, 0.29) is 48.0 Å². The number of thiophene rings is 1. The number of carbonyl (C=O) groups is 4. The molecule has 0 saturated carbocycles. The van der Waals surface area contributed by atoms with Gasteiger partial charge in [0.25, 0.3) is 0 Å². The van der Waals surface area contributed by atoms with Crippen LogP contribution in [0.3, 0.4) is 0 Å². The molecule has 2 aromatic rings. The number of hydrogen-bond acceptors (Lipinski definition) is 7. The van der Waals surface area contributed by atoms with E-state index in [1.165, 1.54) is 22.3 Å². The molecule has 3 aliphatic carbocycles. The van der Waals surface area contributed by atoms with Crippen molar-refractivity contribution in [2.24, 2.45) is 23.7 Å². The quantitative estimate of drug-likeness (QED) is 0.352. The van der Waals surface area contributed by atoms with Crippen LogP contribution >= 0.6 is 11.3 Å². The summed E-state index contributed by atoms with van der Waals surface area (Å²) < 4.78 is 5.92. The molecule has 1 saturated heterocycles. The first-order valence-corrected chi connectivity index (χ1v) is 13.9. The van der Waals surface area contributed by atoms with Crippen LogP contribution in [0.4, 0.5) is 0 Å². The van der Waals surface area contributed by atoms with Gasteiger partial charge in [0, 0.05) is 39.5 Å². The normalized spacial score (nSPS) is 27.7. The maximum Gasteiger partial charge on any atom is 0.234 e. The third-order valence-corrected chi connectivity index (χ3v) is 9.56. The molecule has 1 N–H and O–H groups in total. The molecule has 7 nitrogen and oxygen atoms in total. The number of nitrogens with zero attached hydrogens (tertiary/aromatic N) is 1. The van der Waals surface area contributed by atoms with E-state index in [4.69, 9.17) is 4.74 Å². The van der Waals surface area contributed by atoms with Crippen LogP contribution in [0.2, 0.25) is 0 Å². The van der Waals surface area contributed by atoms with Crippen LogP contribution in [0.15, 0.2) is 82.0 Å². The molecule has 2 aliphatic heterocycles. The number of ketones is 2. The first kappa shape index (κ1) is 24.0. The lowest BCUT2D eigenvalue weighted by atomic mass is 9.58. The summed E-state index contributed by atoms with van der Waals surface area (Å²) in [6.45, 7) is 1.89. The molecule has 196 valence electrons. The number of allylic oxidation sites excluding steroid dienone is 7. The van der Waals surface area contributed by atoms with Gasteiger partial charge in [0.05, 0.1) is 24.6 Å². The summed E-state index contributed by atoms with van der Waals surface area (Å²) in [7, 11) is 0. The van der Waals surface area contributed by atoms with Crippen molar-refractivity contribution in [1.29, 1.82) is 0 Å². The number of carbonyl (C=O) groups excluding carboxylic acids is 4. The van der Waals surface area contributed by atoms with Crippen molar-refractivity contribution in [3.05, 3.63) is 92.4 Å². The number of aromatic hydroxyl groups is 1. The SMILES string of the molecule is CC1=CC(=O)C2=C(CC3C(=CCC4C(=O)N(Cc5cccs5)C(=O)C43)C2C2=COc3ccc(O)cc3C2)C1=O. The number of rotatable bonds is 3. The maximum atomic E-state index is 13.8. The Morgan fingerprint density at radius 2 is 1.95 bits per heavy atom. The Hall–Kier alpha value is -4.04. The molecule has 4 atom stereocenters. The zero-order valence-corrected chi connectivity index (χ0v) is 22.0. The van der Waals surface area contributed by atoms with Crippen LogP contribution < -0.4 is 4.74 Å². The predicted octanol–water partition coefficient (Wildman–Crippen LogP) is 4.43. The van der Waals surface area contributed by atoms with Crippen LogP contribution in [0.1, 0.15) is 30.2 Å². The fourth-order valence-corrected chi connectivity index (χ4v) is 7.66. The molecule has 7 rings (SSSR count). The zero-order chi connectivity index (χ0) is 27.0. The van der Waals surface area contributed by atoms with Gasteiger partial charge in [0.1, 0.15) is 11.5 Å². The highest BCUT2D eigenvalue weighted by Gasteiger charge is 2.56. The summed E-state index contributed by atoms with van der Waals surface area (Å²) in [6, 6.07) is 8.71. The minimum Gasteiger partial charge on any atom is -0.508 e. The summed E-state index contributed by atoms with van der Waals surface area (Å²) >= 11 is 1.51. The molecular weight excluding hydrogens is 514 g/mol. The molecule has 8 heteroatoms. The highest BCUT2D eigenvalue weighted by Crippen LogP contribution is 2.54. The Labute approximate surface area is 228 Å². The molecule has 4 unspecified atom stereocenters. The monoisotopic (exact) mass is 539 g/mol. The molecule has 2 amide bonds. The third kappa shape index (κ3) is 3.61. The maximum absolute atomic E-state index is 13.8. The number of likely N-dealkylation sites (tertiary alicyclic amines) is 1. The molecule has 39 heavy (non-hydrogen) atoms. The average Bonchev–Trinajstić information content (AvgIpc) is 3.53. The number of benzene rings is 1. The minimum absolute atomic E-state index is 0.114. The summed E-state index contributed by atoms with van der Waals surface area (Å²) in [5.74, 6) is -1.99. The first-order valence-electron chi connectivity index (χ1n) is 13.1. The van der Waals surface area contributed by atoms with E-state index in [1.807, 2.05) is 23.6 Å². The van der Waals surface area contributed by atoms with Crippen LogP contribution in [-0.4, -0.2) is 33.4 Å². The van der Waals surface area contributed by atoms with Gasteiger partial charge in [-0.15, -0.1) is 11.3 Å². The van der Waals surface area contributed by atoms with Crippen molar-refractivity contribution < 1.29 is 29.0 Å². The number of phenols is 1. The highest BCUT2D eigenvalue weighted by atomic mass is 32.1. The standard InChI is InChI=1S/C31H25NO6S/c1-15-9-24(34)28-23(29(15)35)12-22-20(26(28)17-10-16-11-18(33)4-7-25(16)38-14-17)5-6-21-27(22)31(37)32(30(21)36)13-19-3-2-8-39-19/h2-5,7-9,11,14,21-22,26-27,33H,6,10,12-13H2,1H3. The Kier molecular flexibility index (Phi) is 5.39. The summed E-state index contributed by atoms with van der Waals surface area (Å²) in [4.78, 5) is 56.4. The number of phenolic OH excluding ortho intramolecular Hbond substituents is 1. The number of hydrogen-bond donors (Lipinski definition) is 1. The Bertz CT molecular complexity index is 1610. The molecule has 0 radical (unpaired) electrons. The summed E-state index contributed by atoms with van der Waals surface area (Å²) in [6.07, 6.45) is 6.14. The lowest BCUT2D eigenvalue weighted by Crippen LogP contribution is -2.41. The van der Waals surface area contributed by atoms with Gasteiger partial charge in [-0.2, -0.15) is 0 Å². The van der Waals surface area contributed by atoms with E-state index in [0.29, 0.717) is 35.3 Å². The van der Waals surface area contributed by atoms with E-state index < -0.39 is 17.8 Å². The molecule has 1 aromatic carbocycles. The number of amides is 2. The molecule has 3 heterocycles. The van der Waals surface area contributed by atoms with Gasteiger partial charge >= 0.3 is 0 Å². The fraction of sp³-hybridized carbons (Fsp3) is 0.290. The molecule has 1 aromatic heterocycles. The fourth-order valence-electron chi connectivity index (χ4n) is 6.97. The molecule has 0 bridgehead atoms. The van der Waals surface area contributed by atoms with Gasteiger partial charge in [-0.3, -0.25) is 24.1 Å². The van der Waals surface area contributed by atoms with Crippen molar-refractivity contribution in [2.45, 2.75) is 32.7 Å². The van der Waals surface area contributed by atoms with E-state index >= 15 is 0 Å². The topological polar surface area (TPSA) is 101 Å². The van der Waals surface area contributed by atoms with Crippen molar-refractivity contribution in [3.63, 3.8) is 0 Å². The number of Topliss-reactive ketones (excluding diaryl/α,β-unsaturated/α-hetero) is 1. The Morgan fingerprint density at radius 3 is 2.74 bits per heavy atom. The lowest BCUT2D eigenvalue weighted by molar-refractivity contribution is -0.140. The van der Waals surface area contributed by atoms with Crippen LogP contribution in [0.25, 0.3) is 0 Å². The number of imide groups is 1. The minimum atomic E-state index is -0.579. The van der Waals surface area contributed by atoms with Gasteiger partial charge in [-0.05, 0) is 67.0 Å². The molecule has 0 spiro atoms. The summed E-state index contributed by atoms with van der Waals surface area (Å²) in [5, 5.41) is 12.0. The Balaban J connectivity index is 1.31. The Morgan fingerprint density at radius 1 is 1.10 bits per heavy atom. The second-order valence-corrected chi connectivity index (χ2v) is 11.9. The van der Waals surface area contributed by atoms with Crippen LogP contribution in [-0.2, 0) is 32.1 Å². The largest absolute Gasteiger partial charge is 0.508 e. The molecule has 5 aliphatic rings. The van der Waals surface area contributed by atoms with Crippen molar-refractivity contribution in [1.82, 2.24) is 4.90 Å². The first-order chi connectivity index (χ1) is 18.8. The molecule has 1 fully saturated rings. The van der Waals surface area contributed by atoms with Gasteiger partial charge < -0.3 is 9.84 Å². The smallest absolute Gasteiger partial charge is 0.234 e. The van der Waals surface area contributed by atoms with E-state index in [2.05, 4.69) is 0 Å². The predicted molar refractivity (Wildman–Crippen MR) is 142 cm³/mol. The molecular formula is C31H25NO6S. The number of ether oxygens (including phenoxy) is 1. The van der Waals surface area contributed by atoms with Crippen molar-refractivity contribution in [3.8, 4) is 11.5 Å². The van der Waals surface area contributed by atoms with E-state index in [0.717, 1.165) is 21.6 Å². The second-order valence-electron chi connectivity index (χ2n) is 10.9. The highest BCUT2D eigenvalue weighted by molar-refractivity contribution is 7.09. The second kappa shape index (κ2) is 8.74. The summed E-state index contributed by atoms with van der Waals surface area (Å²) in [5.41, 5.74) is 3.73. The van der Waals surface area contributed by atoms with Gasteiger partial charge in [-0.1, -0.05) is 17.7 Å². The lowest BCUT2D eigenvalue weighted by Gasteiger charge is -2.43. The average molecular weight is 540 g/mol. The van der Waals surface area contributed by atoms with Crippen molar-refractivity contribution >= 4 is 34.7 Å². The van der Waals surface area contributed by atoms with Crippen molar-refractivity contribution in [2.75, 3.05) is 0 Å². The van der Waals surface area contributed by atoms with Gasteiger partial charge in [-0.25, -0.2) is 0 Å². The third-order valence-electron chi connectivity index (χ3n) is 8.69. The van der Waals surface area contributed by atoms with Crippen LogP contribution in [0, 0.1) is 23.7 Å². The number of fused-ring (bicyclic) bond motifs is 4.